The van der Waals surface area contributed by atoms with Crippen LogP contribution in [-0.2, 0) is 16.0 Å². The minimum atomic E-state index is -0.667. The molecule has 1 heterocycles. The van der Waals surface area contributed by atoms with Crippen molar-refractivity contribution >= 4 is 21.8 Å². The van der Waals surface area contributed by atoms with Gasteiger partial charge in [0.2, 0.25) is 0 Å². The molecule has 3 rings (SSSR count). The second kappa shape index (κ2) is 6.07. The number of ether oxygens (including phenoxy) is 1. The maximum absolute atomic E-state index is 12.7. The Hall–Kier alpha value is -0.910. The molecule has 2 N–H and O–H groups in total. The van der Waals surface area contributed by atoms with E-state index in [0.29, 0.717) is 0 Å². The molecular formula is C16H21BrN2O2. The third kappa shape index (κ3) is 2.74. The minimum Gasteiger partial charge on any atom is -0.368 e. The standard InChI is InChI=1S/C16H21BrN2O2/c1-21-16(7-9-18-10-8-16)15(20)19-14-6-5-11-12(14)3-2-4-13(11)17/h2-4,14,18H,5-10H2,1H3,(H,19,20). The SMILES string of the molecule is COC1(C(=O)NC2CCc3c(Br)cccc32)CCNCC1. The van der Waals surface area contributed by atoms with Crippen LogP contribution in [0.15, 0.2) is 22.7 Å². The van der Waals surface area contributed by atoms with Crippen molar-refractivity contribution in [2.24, 2.45) is 0 Å². The normalized spacial score (nSPS) is 23.6. The van der Waals surface area contributed by atoms with Crippen LogP contribution in [0.5, 0.6) is 0 Å². The van der Waals surface area contributed by atoms with Crippen molar-refractivity contribution in [1.29, 1.82) is 0 Å². The third-order valence-corrected chi connectivity index (χ3v) is 5.48. The van der Waals surface area contributed by atoms with E-state index in [2.05, 4.69) is 38.7 Å². The van der Waals surface area contributed by atoms with E-state index in [-0.39, 0.29) is 11.9 Å². The fourth-order valence-corrected chi connectivity index (χ4v) is 3.98. The molecule has 1 aromatic carbocycles. The summed E-state index contributed by atoms with van der Waals surface area (Å²) >= 11 is 3.60. The van der Waals surface area contributed by atoms with Gasteiger partial charge in [0.05, 0.1) is 6.04 Å². The van der Waals surface area contributed by atoms with Crippen LogP contribution in [-0.4, -0.2) is 31.7 Å². The summed E-state index contributed by atoms with van der Waals surface area (Å²) in [7, 11) is 1.64. The predicted octanol–water partition coefficient (Wildman–Crippen LogP) is 2.32. The van der Waals surface area contributed by atoms with Crippen molar-refractivity contribution in [1.82, 2.24) is 10.6 Å². The van der Waals surface area contributed by atoms with Gasteiger partial charge in [-0.15, -0.1) is 0 Å². The fraction of sp³-hybridized carbons (Fsp3) is 0.562. The van der Waals surface area contributed by atoms with Gasteiger partial charge in [0.25, 0.3) is 5.91 Å². The lowest BCUT2D eigenvalue weighted by Crippen LogP contribution is -2.54. The number of halogens is 1. The molecule has 114 valence electrons. The summed E-state index contributed by atoms with van der Waals surface area (Å²) in [5, 5.41) is 6.49. The smallest absolute Gasteiger partial charge is 0.252 e. The molecule has 0 bridgehead atoms. The lowest BCUT2D eigenvalue weighted by atomic mass is 9.90. The summed E-state index contributed by atoms with van der Waals surface area (Å²) in [6, 6.07) is 6.31. The maximum atomic E-state index is 12.7. The number of methoxy groups -OCH3 is 1. The van der Waals surface area contributed by atoms with Gasteiger partial charge in [0, 0.05) is 11.6 Å². The lowest BCUT2D eigenvalue weighted by molar-refractivity contribution is -0.147. The van der Waals surface area contributed by atoms with Crippen LogP contribution in [0.2, 0.25) is 0 Å². The first-order valence-corrected chi connectivity index (χ1v) is 8.30. The molecule has 0 spiro atoms. The molecule has 1 unspecified atom stereocenters. The Morgan fingerprint density at radius 3 is 2.90 bits per heavy atom. The van der Waals surface area contributed by atoms with E-state index in [1.165, 1.54) is 11.1 Å². The minimum absolute atomic E-state index is 0.0318. The van der Waals surface area contributed by atoms with Crippen LogP contribution in [0.1, 0.15) is 36.4 Å². The van der Waals surface area contributed by atoms with Gasteiger partial charge in [0.15, 0.2) is 0 Å². The highest BCUT2D eigenvalue weighted by atomic mass is 79.9. The van der Waals surface area contributed by atoms with Crippen molar-refractivity contribution in [3.05, 3.63) is 33.8 Å². The van der Waals surface area contributed by atoms with E-state index < -0.39 is 5.60 Å². The molecule has 4 nitrogen and oxygen atoms in total. The van der Waals surface area contributed by atoms with Crippen LogP contribution in [0.25, 0.3) is 0 Å². The largest absolute Gasteiger partial charge is 0.368 e. The van der Waals surface area contributed by atoms with Crippen molar-refractivity contribution in [2.75, 3.05) is 20.2 Å². The average molecular weight is 353 g/mol. The van der Waals surface area contributed by atoms with Gasteiger partial charge in [-0.25, -0.2) is 0 Å². The third-order valence-electron chi connectivity index (χ3n) is 4.73. The zero-order valence-electron chi connectivity index (χ0n) is 12.2. The number of hydrogen-bond donors (Lipinski definition) is 2. The molecule has 1 aromatic rings. The number of hydrogen-bond acceptors (Lipinski definition) is 3. The van der Waals surface area contributed by atoms with Gasteiger partial charge in [-0.2, -0.15) is 0 Å². The molecule has 5 heteroatoms. The monoisotopic (exact) mass is 352 g/mol. The molecule has 1 aliphatic heterocycles. The first-order chi connectivity index (χ1) is 10.2. The Bertz CT molecular complexity index is 541. The molecule has 2 aliphatic rings. The van der Waals surface area contributed by atoms with E-state index in [9.17, 15) is 4.79 Å². The summed E-state index contributed by atoms with van der Waals surface area (Å²) in [4.78, 5) is 12.7. The van der Waals surface area contributed by atoms with Crippen molar-refractivity contribution in [2.45, 2.75) is 37.3 Å². The summed E-state index contributed by atoms with van der Waals surface area (Å²) in [6.07, 6.45) is 3.42. The number of benzene rings is 1. The maximum Gasteiger partial charge on any atom is 0.252 e. The number of piperidine rings is 1. The Labute approximate surface area is 133 Å². The molecule has 0 radical (unpaired) electrons. The van der Waals surface area contributed by atoms with E-state index in [4.69, 9.17) is 4.74 Å². The summed E-state index contributed by atoms with van der Waals surface area (Å²) in [6.45, 7) is 1.65. The summed E-state index contributed by atoms with van der Waals surface area (Å²) in [5.41, 5.74) is 1.89. The second-order valence-corrected chi connectivity index (χ2v) is 6.68. The fourth-order valence-electron chi connectivity index (χ4n) is 3.40. The molecule has 1 aliphatic carbocycles. The Kier molecular flexibility index (Phi) is 4.33. The first kappa shape index (κ1) is 15.0. The van der Waals surface area contributed by atoms with Gasteiger partial charge in [-0.3, -0.25) is 4.79 Å². The van der Waals surface area contributed by atoms with Gasteiger partial charge in [0.1, 0.15) is 5.60 Å². The molecule has 1 saturated heterocycles. The zero-order valence-corrected chi connectivity index (χ0v) is 13.8. The van der Waals surface area contributed by atoms with Crippen molar-refractivity contribution in [3.63, 3.8) is 0 Å². The second-order valence-electron chi connectivity index (χ2n) is 5.82. The number of rotatable bonds is 3. The molecule has 1 fully saturated rings. The summed E-state index contributed by atoms with van der Waals surface area (Å²) in [5.74, 6) is 0.0318. The van der Waals surface area contributed by atoms with Gasteiger partial charge >= 0.3 is 0 Å². The Morgan fingerprint density at radius 2 is 2.19 bits per heavy atom. The molecular weight excluding hydrogens is 332 g/mol. The Morgan fingerprint density at radius 1 is 1.43 bits per heavy atom. The van der Waals surface area contributed by atoms with E-state index in [1.54, 1.807) is 7.11 Å². The number of carbonyl (C=O) groups excluding carboxylic acids is 1. The highest BCUT2D eigenvalue weighted by Crippen LogP contribution is 2.36. The highest BCUT2D eigenvalue weighted by molar-refractivity contribution is 9.10. The van der Waals surface area contributed by atoms with Crippen LogP contribution in [0.4, 0.5) is 0 Å². The molecule has 0 saturated carbocycles. The van der Waals surface area contributed by atoms with Crippen molar-refractivity contribution in [3.8, 4) is 0 Å². The van der Waals surface area contributed by atoms with E-state index >= 15 is 0 Å². The number of fused-ring (bicyclic) bond motifs is 1. The molecule has 21 heavy (non-hydrogen) atoms. The van der Waals surface area contributed by atoms with Gasteiger partial charge in [-0.05, 0) is 56.0 Å². The highest BCUT2D eigenvalue weighted by Gasteiger charge is 2.41. The number of nitrogens with one attached hydrogen (secondary N) is 2. The summed E-state index contributed by atoms with van der Waals surface area (Å²) < 4.78 is 6.74. The van der Waals surface area contributed by atoms with Gasteiger partial charge < -0.3 is 15.4 Å². The lowest BCUT2D eigenvalue weighted by Gasteiger charge is -2.35. The van der Waals surface area contributed by atoms with Crippen LogP contribution >= 0.6 is 15.9 Å². The zero-order chi connectivity index (χ0) is 14.9. The molecule has 0 aromatic heterocycles. The number of carbonyl (C=O) groups is 1. The van der Waals surface area contributed by atoms with Crippen LogP contribution in [0, 0.1) is 0 Å². The van der Waals surface area contributed by atoms with E-state index in [0.717, 1.165) is 43.2 Å². The topological polar surface area (TPSA) is 50.4 Å². The van der Waals surface area contributed by atoms with Gasteiger partial charge in [-0.1, -0.05) is 28.1 Å². The molecule has 1 atom stereocenters. The predicted molar refractivity (Wildman–Crippen MR) is 85.2 cm³/mol. The quantitative estimate of drug-likeness (QED) is 0.877. The molecule has 1 amide bonds. The van der Waals surface area contributed by atoms with E-state index in [1.807, 2.05) is 6.07 Å². The average Bonchev–Trinajstić information content (AvgIpc) is 2.92. The van der Waals surface area contributed by atoms with Crippen LogP contribution < -0.4 is 10.6 Å². The number of amides is 1. The Balaban J connectivity index is 1.76. The first-order valence-electron chi connectivity index (χ1n) is 7.50. The van der Waals surface area contributed by atoms with Crippen LogP contribution in [0.3, 0.4) is 0 Å². The van der Waals surface area contributed by atoms with Crippen molar-refractivity contribution < 1.29 is 9.53 Å².